The number of nitrogens with zero attached hydrogens (tertiary/aromatic N) is 4. The molecule has 3 aromatic rings. The van der Waals surface area contributed by atoms with Crippen molar-refractivity contribution in [3.8, 4) is 17.5 Å². The van der Waals surface area contributed by atoms with Gasteiger partial charge in [-0.25, -0.2) is 18.1 Å². The third kappa shape index (κ3) is 3.24. The average Bonchev–Trinajstić information content (AvgIpc) is 3.65. The highest BCUT2D eigenvalue weighted by Gasteiger charge is 2.32. The first-order valence-corrected chi connectivity index (χ1v) is 12.5. The summed E-state index contributed by atoms with van der Waals surface area (Å²) in [6.07, 6.45) is 10.7. The summed E-state index contributed by atoms with van der Waals surface area (Å²) in [5, 5.41) is 11.0. The van der Waals surface area contributed by atoms with E-state index in [0.717, 1.165) is 48.8 Å². The van der Waals surface area contributed by atoms with E-state index >= 15 is 0 Å². The Bertz CT molecular complexity index is 1330. The lowest BCUT2D eigenvalue weighted by atomic mass is 9.92. The van der Waals surface area contributed by atoms with Gasteiger partial charge in [0.25, 0.3) is 0 Å². The Morgan fingerprint density at radius 3 is 2.45 bits per heavy atom. The Morgan fingerprint density at radius 2 is 1.87 bits per heavy atom. The predicted octanol–water partition coefficient (Wildman–Crippen LogP) is 4.01. The largest absolute Gasteiger partial charge is 0.320 e. The van der Waals surface area contributed by atoms with Gasteiger partial charge in [0.15, 0.2) is 0 Å². The van der Waals surface area contributed by atoms with Crippen LogP contribution in [0, 0.1) is 11.3 Å². The zero-order valence-corrected chi connectivity index (χ0v) is 17.9. The van der Waals surface area contributed by atoms with E-state index in [-0.39, 0.29) is 10.9 Å². The highest BCUT2D eigenvalue weighted by Crippen LogP contribution is 2.44. The summed E-state index contributed by atoms with van der Waals surface area (Å²) < 4.78 is 29.9. The molecule has 0 amide bonds. The standard InChI is InChI=1S/C23H23N5O2S/c24-11-20-19-10-15(14-4-5-14)12-26-23(19)28(17-2-1-3-17)22(20)21-9-8-18(13-25-21)31(29,30)27-16-6-7-16/h8-10,12-14,16-17,27H,1-7H2. The second-order valence-electron chi connectivity index (χ2n) is 8.98. The van der Waals surface area contributed by atoms with Crippen LogP contribution in [0.4, 0.5) is 0 Å². The Morgan fingerprint density at radius 1 is 1.06 bits per heavy atom. The number of nitriles is 1. The monoisotopic (exact) mass is 433 g/mol. The summed E-state index contributed by atoms with van der Waals surface area (Å²) in [6, 6.07) is 8.15. The molecule has 0 saturated heterocycles. The van der Waals surface area contributed by atoms with Crippen molar-refractivity contribution in [2.75, 3.05) is 0 Å². The number of pyridine rings is 2. The molecule has 3 aliphatic rings. The molecule has 7 nitrogen and oxygen atoms in total. The fourth-order valence-corrected chi connectivity index (χ4v) is 5.63. The number of nitrogens with one attached hydrogen (secondary N) is 1. The summed E-state index contributed by atoms with van der Waals surface area (Å²) in [6.45, 7) is 0. The Kier molecular flexibility index (Phi) is 4.20. The first-order valence-electron chi connectivity index (χ1n) is 11.0. The van der Waals surface area contributed by atoms with Crippen LogP contribution in [-0.4, -0.2) is 29.0 Å². The number of aromatic nitrogens is 3. The molecule has 3 aromatic heterocycles. The molecular weight excluding hydrogens is 410 g/mol. The fourth-order valence-electron chi connectivity index (χ4n) is 4.38. The molecule has 0 unspecified atom stereocenters. The summed E-state index contributed by atoms with van der Waals surface area (Å²) >= 11 is 0. The fraction of sp³-hybridized carbons (Fsp3) is 0.435. The molecule has 0 aromatic carbocycles. The molecule has 3 aliphatic carbocycles. The zero-order chi connectivity index (χ0) is 21.2. The van der Waals surface area contributed by atoms with E-state index in [2.05, 4.69) is 26.4 Å². The molecule has 0 spiro atoms. The van der Waals surface area contributed by atoms with Crippen molar-refractivity contribution in [1.82, 2.24) is 19.3 Å². The van der Waals surface area contributed by atoms with Gasteiger partial charge in [-0.1, -0.05) is 0 Å². The maximum absolute atomic E-state index is 12.5. The van der Waals surface area contributed by atoms with Crippen molar-refractivity contribution in [1.29, 1.82) is 5.26 Å². The predicted molar refractivity (Wildman–Crippen MR) is 116 cm³/mol. The SMILES string of the molecule is N#Cc1c(-c2ccc(S(=O)(=O)NC3CC3)cn2)n(C2CCC2)c2ncc(C3CC3)cc12. The van der Waals surface area contributed by atoms with Gasteiger partial charge in [0.2, 0.25) is 10.0 Å². The molecule has 158 valence electrons. The molecule has 3 heterocycles. The summed E-state index contributed by atoms with van der Waals surface area (Å²) in [7, 11) is -3.56. The van der Waals surface area contributed by atoms with Crippen LogP contribution in [0.2, 0.25) is 0 Å². The van der Waals surface area contributed by atoms with Gasteiger partial charge in [0, 0.05) is 29.9 Å². The van der Waals surface area contributed by atoms with E-state index in [9.17, 15) is 13.7 Å². The van der Waals surface area contributed by atoms with Gasteiger partial charge in [0.05, 0.1) is 17.0 Å². The first-order chi connectivity index (χ1) is 15.0. The average molecular weight is 434 g/mol. The number of hydrogen-bond acceptors (Lipinski definition) is 5. The van der Waals surface area contributed by atoms with Crippen LogP contribution in [0.3, 0.4) is 0 Å². The minimum Gasteiger partial charge on any atom is -0.320 e. The molecular formula is C23H23N5O2S. The van der Waals surface area contributed by atoms with Crippen LogP contribution in [0.5, 0.6) is 0 Å². The van der Waals surface area contributed by atoms with Gasteiger partial charge in [-0.05, 0) is 74.6 Å². The van der Waals surface area contributed by atoms with E-state index in [1.165, 1.54) is 24.6 Å². The minimum absolute atomic E-state index is 0.0442. The number of sulfonamides is 1. The lowest BCUT2D eigenvalue weighted by Crippen LogP contribution is -2.25. The molecule has 0 atom stereocenters. The van der Waals surface area contributed by atoms with Gasteiger partial charge in [-0.15, -0.1) is 0 Å². The summed E-state index contributed by atoms with van der Waals surface area (Å²) in [4.78, 5) is 9.43. The van der Waals surface area contributed by atoms with Gasteiger partial charge in [-0.3, -0.25) is 4.98 Å². The van der Waals surface area contributed by atoms with Crippen LogP contribution in [-0.2, 0) is 10.0 Å². The van der Waals surface area contributed by atoms with Crippen molar-refractivity contribution in [2.45, 2.75) is 67.8 Å². The second kappa shape index (κ2) is 6.87. The minimum atomic E-state index is -3.56. The van der Waals surface area contributed by atoms with Gasteiger partial charge < -0.3 is 4.57 Å². The van der Waals surface area contributed by atoms with Crippen molar-refractivity contribution >= 4 is 21.1 Å². The number of rotatable bonds is 6. The Balaban J connectivity index is 1.49. The quantitative estimate of drug-likeness (QED) is 0.633. The number of fused-ring (bicyclic) bond motifs is 1. The van der Waals surface area contributed by atoms with Gasteiger partial charge in [0.1, 0.15) is 16.6 Å². The summed E-state index contributed by atoms with van der Waals surface area (Å²) in [5.74, 6) is 0.556. The smallest absolute Gasteiger partial charge is 0.242 e. The highest BCUT2D eigenvalue weighted by atomic mass is 32.2. The molecule has 0 radical (unpaired) electrons. The maximum Gasteiger partial charge on any atom is 0.242 e. The van der Waals surface area contributed by atoms with Crippen molar-refractivity contribution in [3.63, 3.8) is 0 Å². The van der Waals surface area contributed by atoms with E-state index < -0.39 is 10.0 Å². The van der Waals surface area contributed by atoms with E-state index in [0.29, 0.717) is 23.2 Å². The van der Waals surface area contributed by atoms with Crippen LogP contribution in [0.25, 0.3) is 22.4 Å². The molecule has 3 fully saturated rings. The van der Waals surface area contributed by atoms with E-state index in [1.54, 1.807) is 12.1 Å². The third-order valence-electron chi connectivity index (χ3n) is 6.65. The maximum atomic E-state index is 12.5. The molecule has 31 heavy (non-hydrogen) atoms. The number of hydrogen-bond donors (Lipinski definition) is 1. The van der Waals surface area contributed by atoms with Crippen molar-refractivity contribution in [2.24, 2.45) is 0 Å². The molecule has 0 bridgehead atoms. The molecule has 8 heteroatoms. The van der Waals surface area contributed by atoms with Crippen LogP contribution in [0.15, 0.2) is 35.5 Å². The highest BCUT2D eigenvalue weighted by molar-refractivity contribution is 7.89. The summed E-state index contributed by atoms with van der Waals surface area (Å²) in [5.41, 5.74) is 3.97. The zero-order valence-electron chi connectivity index (χ0n) is 17.1. The van der Waals surface area contributed by atoms with Crippen LogP contribution >= 0.6 is 0 Å². The molecule has 0 aliphatic heterocycles. The first kappa shape index (κ1) is 19.0. The Hall–Kier alpha value is -2.76. The van der Waals surface area contributed by atoms with E-state index in [4.69, 9.17) is 4.98 Å². The molecule has 6 rings (SSSR count). The van der Waals surface area contributed by atoms with Crippen LogP contribution in [0.1, 0.15) is 68.0 Å². The lowest BCUT2D eigenvalue weighted by Gasteiger charge is -2.29. The molecule has 1 N–H and O–H groups in total. The molecule has 3 saturated carbocycles. The van der Waals surface area contributed by atoms with E-state index in [1.807, 2.05) is 6.20 Å². The van der Waals surface area contributed by atoms with Gasteiger partial charge >= 0.3 is 0 Å². The lowest BCUT2D eigenvalue weighted by molar-refractivity contribution is 0.322. The Labute approximate surface area is 181 Å². The van der Waals surface area contributed by atoms with Crippen LogP contribution < -0.4 is 4.72 Å². The normalized spacial score (nSPS) is 19.3. The second-order valence-corrected chi connectivity index (χ2v) is 10.7. The van der Waals surface area contributed by atoms with Crippen molar-refractivity contribution in [3.05, 3.63) is 41.7 Å². The van der Waals surface area contributed by atoms with Crippen molar-refractivity contribution < 1.29 is 8.42 Å². The topological polar surface area (TPSA) is 101 Å². The third-order valence-corrected chi connectivity index (χ3v) is 8.16. The van der Waals surface area contributed by atoms with Gasteiger partial charge in [-0.2, -0.15) is 5.26 Å².